The minimum atomic E-state index is -1.00. The Balaban J connectivity index is 2.32. The molecule has 0 bridgehead atoms. The van der Waals surface area contributed by atoms with E-state index in [-0.39, 0.29) is 0 Å². The van der Waals surface area contributed by atoms with Crippen molar-refractivity contribution < 1.29 is 9.84 Å². The van der Waals surface area contributed by atoms with Crippen molar-refractivity contribution in [2.24, 2.45) is 0 Å². The zero-order chi connectivity index (χ0) is 15.5. The van der Waals surface area contributed by atoms with Gasteiger partial charge in [0.25, 0.3) is 0 Å². The SMILES string of the molecule is CCCOc1ccc(C(C)(O)c2cc(C)ccc2C)cc1. The van der Waals surface area contributed by atoms with Gasteiger partial charge in [-0.25, -0.2) is 0 Å². The predicted octanol–water partition coefficient (Wildman–Crippen LogP) is 4.35. The molecule has 2 heteroatoms. The largest absolute Gasteiger partial charge is 0.494 e. The Kier molecular flexibility index (Phi) is 4.69. The summed E-state index contributed by atoms with van der Waals surface area (Å²) in [6.07, 6.45) is 0.988. The fourth-order valence-electron chi connectivity index (χ4n) is 2.51. The summed E-state index contributed by atoms with van der Waals surface area (Å²) in [6, 6.07) is 13.9. The van der Waals surface area contributed by atoms with Crippen LogP contribution in [0.3, 0.4) is 0 Å². The lowest BCUT2D eigenvalue weighted by Gasteiger charge is -2.27. The van der Waals surface area contributed by atoms with Gasteiger partial charge in [0.15, 0.2) is 0 Å². The second kappa shape index (κ2) is 6.31. The second-order valence-corrected chi connectivity index (χ2v) is 5.76. The van der Waals surface area contributed by atoms with Crippen molar-refractivity contribution in [1.82, 2.24) is 0 Å². The molecule has 0 radical (unpaired) electrons. The molecule has 0 aliphatic heterocycles. The van der Waals surface area contributed by atoms with Gasteiger partial charge in [0.1, 0.15) is 11.4 Å². The molecule has 0 aliphatic rings. The molecule has 2 aromatic carbocycles. The highest BCUT2D eigenvalue weighted by molar-refractivity contribution is 5.43. The van der Waals surface area contributed by atoms with Crippen LogP contribution in [-0.4, -0.2) is 11.7 Å². The van der Waals surface area contributed by atoms with Crippen LogP contribution in [0, 0.1) is 13.8 Å². The molecule has 0 amide bonds. The molecule has 112 valence electrons. The highest BCUT2D eigenvalue weighted by Crippen LogP contribution is 2.32. The van der Waals surface area contributed by atoms with Gasteiger partial charge in [-0.1, -0.05) is 42.8 Å². The van der Waals surface area contributed by atoms with Crippen molar-refractivity contribution in [3.63, 3.8) is 0 Å². The lowest BCUT2D eigenvalue weighted by atomic mass is 9.85. The van der Waals surface area contributed by atoms with Crippen molar-refractivity contribution in [2.75, 3.05) is 6.61 Å². The normalized spacial score (nSPS) is 13.8. The summed E-state index contributed by atoms with van der Waals surface area (Å²) in [7, 11) is 0. The quantitative estimate of drug-likeness (QED) is 0.884. The first-order valence-electron chi connectivity index (χ1n) is 7.48. The van der Waals surface area contributed by atoms with Crippen molar-refractivity contribution >= 4 is 0 Å². The van der Waals surface area contributed by atoms with Gasteiger partial charge in [-0.05, 0) is 56.0 Å². The van der Waals surface area contributed by atoms with E-state index in [1.165, 1.54) is 0 Å². The molecule has 21 heavy (non-hydrogen) atoms. The van der Waals surface area contributed by atoms with Gasteiger partial charge in [0, 0.05) is 0 Å². The molecule has 2 nitrogen and oxygen atoms in total. The topological polar surface area (TPSA) is 29.5 Å². The smallest absolute Gasteiger partial charge is 0.119 e. The average Bonchev–Trinajstić information content (AvgIpc) is 2.48. The maximum atomic E-state index is 11.0. The van der Waals surface area contributed by atoms with Crippen LogP contribution >= 0.6 is 0 Å². The minimum absolute atomic E-state index is 0.715. The third-order valence-electron chi connectivity index (χ3n) is 3.81. The molecule has 0 aromatic heterocycles. The summed E-state index contributed by atoms with van der Waals surface area (Å²) in [5, 5.41) is 11.0. The van der Waals surface area contributed by atoms with E-state index in [0.717, 1.165) is 34.4 Å². The van der Waals surface area contributed by atoms with Crippen molar-refractivity contribution in [3.05, 3.63) is 64.7 Å². The van der Waals surface area contributed by atoms with E-state index in [9.17, 15) is 5.11 Å². The second-order valence-electron chi connectivity index (χ2n) is 5.76. The molecule has 0 spiro atoms. The van der Waals surface area contributed by atoms with Gasteiger partial charge in [0.05, 0.1) is 6.61 Å². The van der Waals surface area contributed by atoms with Gasteiger partial charge in [-0.3, -0.25) is 0 Å². The van der Waals surface area contributed by atoms with Crippen LogP contribution in [0.2, 0.25) is 0 Å². The monoisotopic (exact) mass is 284 g/mol. The van der Waals surface area contributed by atoms with Gasteiger partial charge < -0.3 is 9.84 Å². The summed E-state index contributed by atoms with van der Waals surface area (Å²) >= 11 is 0. The third-order valence-corrected chi connectivity index (χ3v) is 3.81. The molecule has 0 aliphatic carbocycles. The highest BCUT2D eigenvalue weighted by atomic mass is 16.5. The summed E-state index contributed by atoms with van der Waals surface area (Å²) in [6.45, 7) is 8.71. The Morgan fingerprint density at radius 3 is 2.33 bits per heavy atom. The average molecular weight is 284 g/mol. The predicted molar refractivity (Wildman–Crippen MR) is 86.8 cm³/mol. The van der Waals surface area contributed by atoms with E-state index in [0.29, 0.717) is 6.61 Å². The number of ether oxygens (including phenoxy) is 1. The Hall–Kier alpha value is -1.80. The third kappa shape index (κ3) is 3.45. The molecule has 1 N–H and O–H groups in total. The standard InChI is InChI=1S/C19H24O2/c1-5-12-21-17-10-8-16(9-11-17)19(4,20)18-13-14(2)6-7-15(18)3/h6-11,13,20H,5,12H2,1-4H3. The van der Waals surface area contributed by atoms with E-state index < -0.39 is 5.60 Å². The van der Waals surface area contributed by atoms with Gasteiger partial charge in [-0.15, -0.1) is 0 Å². The number of rotatable bonds is 5. The summed E-state index contributed by atoms with van der Waals surface area (Å²) in [5.74, 6) is 0.845. The van der Waals surface area contributed by atoms with Gasteiger partial charge in [0.2, 0.25) is 0 Å². The van der Waals surface area contributed by atoms with E-state index in [1.807, 2.05) is 45.0 Å². The molecule has 1 unspecified atom stereocenters. The highest BCUT2D eigenvalue weighted by Gasteiger charge is 2.27. The van der Waals surface area contributed by atoms with Crippen LogP contribution in [0.25, 0.3) is 0 Å². The fraction of sp³-hybridized carbons (Fsp3) is 0.368. The minimum Gasteiger partial charge on any atom is -0.494 e. The first kappa shape index (κ1) is 15.6. The summed E-state index contributed by atoms with van der Waals surface area (Å²) in [5.41, 5.74) is 3.07. The molecule has 2 aromatic rings. The van der Waals surface area contributed by atoms with Crippen molar-refractivity contribution in [1.29, 1.82) is 0 Å². The zero-order valence-electron chi connectivity index (χ0n) is 13.3. The number of hydrogen-bond donors (Lipinski definition) is 1. The maximum absolute atomic E-state index is 11.0. The summed E-state index contributed by atoms with van der Waals surface area (Å²) < 4.78 is 5.59. The molecule has 0 heterocycles. The van der Waals surface area contributed by atoms with E-state index in [2.05, 4.69) is 25.1 Å². The van der Waals surface area contributed by atoms with E-state index in [1.54, 1.807) is 0 Å². The van der Waals surface area contributed by atoms with Crippen LogP contribution in [0.15, 0.2) is 42.5 Å². The zero-order valence-corrected chi connectivity index (χ0v) is 13.3. The van der Waals surface area contributed by atoms with Gasteiger partial charge in [-0.2, -0.15) is 0 Å². The van der Waals surface area contributed by atoms with Gasteiger partial charge >= 0.3 is 0 Å². The van der Waals surface area contributed by atoms with Crippen molar-refractivity contribution in [3.8, 4) is 5.75 Å². The van der Waals surface area contributed by atoms with Crippen molar-refractivity contribution in [2.45, 2.75) is 39.7 Å². The number of aryl methyl sites for hydroxylation is 2. The molecule has 2 rings (SSSR count). The van der Waals surface area contributed by atoms with Crippen LogP contribution in [0.1, 0.15) is 42.5 Å². The first-order chi connectivity index (χ1) is 9.95. The molecule has 0 saturated carbocycles. The Morgan fingerprint density at radius 2 is 1.71 bits per heavy atom. The van der Waals surface area contributed by atoms with Crippen LogP contribution in [-0.2, 0) is 5.60 Å². The Bertz CT molecular complexity index is 597. The Morgan fingerprint density at radius 1 is 1.05 bits per heavy atom. The maximum Gasteiger partial charge on any atom is 0.119 e. The van der Waals surface area contributed by atoms with Crippen LogP contribution in [0.4, 0.5) is 0 Å². The molecular formula is C19H24O2. The number of benzene rings is 2. The van der Waals surface area contributed by atoms with E-state index >= 15 is 0 Å². The molecule has 1 atom stereocenters. The molecule has 0 saturated heterocycles. The van der Waals surface area contributed by atoms with Crippen LogP contribution < -0.4 is 4.74 Å². The lowest BCUT2D eigenvalue weighted by Crippen LogP contribution is -2.24. The molecule has 0 fully saturated rings. The van der Waals surface area contributed by atoms with E-state index in [4.69, 9.17) is 4.74 Å². The summed E-state index contributed by atoms with van der Waals surface area (Å²) in [4.78, 5) is 0. The molecular weight excluding hydrogens is 260 g/mol. The fourth-order valence-corrected chi connectivity index (χ4v) is 2.51. The van der Waals surface area contributed by atoms with Crippen LogP contribution in [0.5, 0.6) is 5.75 Å². The Labute approximate surface area is 127 Å². The number of hydrogen-bond acceptors (Lipinski definition) is 2. The first-order valence-corrected chi connectivity index (χ1v) is 7.48. The number of aliphatic hydroxyl groups is 1. The lowest BCUT2D eigenvalue weighted by molar-refractivity contribution is 0.101.